The van der Waals surface area contributed by atoms with E-state index in [0.717, 1.165) is 38.0 Å². The molecule has 27 heavy (non-hydrogen) atoms. The van der Waals surface area contributed by atoms with Gasteiger partial charge in [-0.05, 0) is 58.8 Å². The molecule has 0 bridgehead atoms. The Hall–Kier alpha value is -1.63. The zero-order chi connectivity index (χ0) is 19.1. The second-order valence-corrected chi connectivity index (χ2v) is 7.02. The molecule has 152 valence electrons. The third-order valence-electron chi connectivity index (χ3n) is 5.30. The van der Waals surface area contributed by atoms with E-state index in [2.05, 4.69) is 4.90 Å². The van der Waals surface area contributed by atoms with Crippen LogP contribution in [0.15, 0.2) is 30.3 Å². The van der Waals surface area contributed by atoms with Crippen LogP contribution < -0.4 is 4.90 Å². The van der Waals surface area contributed by atoms with Gasteiger partial charge in [-0.15, -0.1) is 12.4 Å². The fraction of sp³-hybridized carbons (Fsp3) is 0.600. The zero-order valence-electron chi connectivity index (χ0n) is 16.5. The molecule has 1 heterocycles. The van der Waals surface area contributed by atoms with Gasteiger partial charge in [0.05, 0.1) is 12.6 Å². The molecule has 1 aromatic carbocycles. The highest BCUT2D eigenvalue weighted by Crippen LogP contribution is 2.20. The zero-order valence-corrected chi connectivity index (χ0v) is 17.3. The molecule has 0 aliphatic carbocycles. The van der Waals surface area contributed by atoms with Gasteiger partial charge in [0, 0.05) is 24.8 Å². The number of para-hydroxylation sites is 1. The van der Waals surface area contributed by atoms with Gasteiger partial charge in [-0.3, -0.25) is 19.4 Å². The third kappa shape index (κ3) is 6.48. The topological polar surface area (TPSA) is 64.1 Å². The van der Waals surface area contributed by atoms with Gasteiger partial charge in [0.1, 0.15) is 0 Å². The highest BCUT2D eigenvalue weighted by molar-refractivity contribution is 5.96. The fourth-order valence-electron chi connectivity index (χ4n) is 3.73. The van der Waals surface area contributed by atoms with Crippen LogP contribution in [-0.4, -0.2) is 72.1 Å². The summed E-state index contributed by atoms with van der Waals surface area (Å²) in [4.78, 5) is 30.0. The van der Waals surface area contributed by atoms with Crippen LogP contribution in [0.3, 0.4) is 0 Å². The molecule has 2 unspecified atom stereocenters. The highest BCUT2D eigenvalue weighted by atomic mass is 35.5. The Kier molecular flexibility index (Phi) is 9.77. The van der Waals surface area contributed by atoms with Crippen molar-refractivity contribution in [2.75, 3.05) is 38.1 Å². The van der Waals surface area contributed by atoms with Crippen molar-refractivity contribution < 1.29 is 14.7 Å². The number of carbonyl (C=O) groups excluding carboxylic acids is 1. The molecule has 1 aliphatic rings. The summed E-state index contributed by atoms with van der Waals surface area (Å²) in [6.45, 7) is 6.37. The lowest BCUT2D eigenvalue weighted by atomic mass is 10.1. The Bertz CT molecular complexity index is 599. The maximum atomic E-state index is 13.0. The molecule has 2 atom stereocenters. The summed E-state index contributed by atoms with van der Waals surface area (Å²) in [5.41, 5.74) is 0.931. The second kappa shape index (κ2) is 11.3. The van der Waals surface area contributed by atoms with E-state index < -0.39 is 5.97 Å². The molecular weight excluding hydrogens is 366 g/mol. The molecule has 0 radical (unpaired) electrons. The Morgan fingerprint density at radius 2 is 1.89 bits per heavy atom. The molecule has 2 rings (SSSR count). The first kappa shape index (κ1) is 23.4. The van der Waals surface area contributed by atoms with Crippen molar-refractivity contribution in [1.82, 2.24) is 9.80 Å². The van der Waals surface area contributed by atoms with E-state index in [4.69, 9.17) is 5.11 Å². The van der Waals surface area contributed by atoms with Crippen LogP contribution in [0.4, 0.5) is 5.69 Å². The number of carboxylic acid groups (broad SMARTS) is 1. The number of rotatable bonds is 7. The first-order chi connectivity index (χ1) is 12.4. The van der Waals surface area contributed by atoms with Crippen LogP contribution >= 0.6 is 12.4 Å². The Balaban J connectivity index is 0.00000364. The van der Waals surface area contributed by atoms with Gasteiger partial charge >= 0.3 is 5.97 Å². The van der Waals surface area contributed by atoms with Gasteiger partial charge in [-0.1, -0.05) is 18.2 Å². The number of anilines is 1. The monoisotopic (exact) mass is 397 g/mol. The van der Waals surface area contributed by atoms with Gasteiger partial charge in [0.25, 0.3) is 0 Å². The molecule has 0 aromatic heterocycles. The average molecular weight is 398 g/mol. The molecule has 1 saturated heterocycles. The van der Waals surface area contributed by atoms with Gasteiger partial charge in [-0.25, -0.2) is 0 Å². The number of carboxylic acids is 1. The minimum atomic E-state index is -0.793. The number of amides is 1. The molecule has 1 aromatic rings. The first-order valence-electron chi connectivity index (χ1n) is 9.46. The number of nitrogens with zero attached hydrogens (tertiary/aromatic N) is 3. The van der Waals surface area contributed by atoms with E-state index in [-0.39, 0.29) is 36.9 Å². The third-order valence-corrected chi connectivity index (χ3v) is 5.30. The molecule has 1 N–H and O–H groups in total. The standard InChI is InChI=1S/C20H31N3O3.ClH/c1-4-23(18-9-6-5-7-10-18)20(26)16(2)22-13-8-11-17(12-14-22)21(3)15-19(24)25;/h5-7,9-10,16-17H,4,8,11-15H2,1-3H3,(H,24,25);1H. The van der Waals surface area contributed by atoms with Gasteiger partial charge in [0.15, 0.2) is 0 Å². The maximum absolute atomic E-state index is 13.0. The molecule has 1 fully saturated rings. The van der Waals surface area contributed by atoms with Crippen molar-refractivity contribution in [3.63, 3.8) is 0 Å². The molecule has 6 nitrogen and oxygen atoms in total. The molecule has 1 amide bonds. The predicted molar refractivity (Wildman–Crippen MR) is 111 cm³/mol. The molecule has 0 spiro atoms. The predicted octanol–water partition coefficient (Wildman–Crippen LogP) is 2.72. The van der Waals surface area contributed by atoms with E-state index in [9.17, 15) is 9.59 Å². The highest BCUT2D eigenvalue weighted by Gasteiger charge is 2.29. The van der Waals surface area contributed by atoms with E-state index in [1.54, 1.807) is 0 Å². The summed E-state index contributed by atoms with van der Waals surface area (Å²) in [5.74, 6) is -0.672. The van der Waals surface area contributed by atoms with Crippen LogP contribution in [0.1, 0.15) is 33.1 Å². The van der Waals surface area contributed by atoms with E-state index in [1.165, 1.54) is 0 Å². The minimum Gasteiger partial charge on any atom is -0.480 e. The lowest BCUT2D eigenvalue weighted by Gasteiger charge is -2.32. The number of aliphatic carboxylic acids is 1. The maximum Gasteiger partial charge on any atom is 0.317 e. The second-order valence-electron chi connectivity index (χ2n) is 7.02. The first-order valence-corrected chi connectivity index (χ1v) is 9.46. The molecular formula is C20H32ClN3O3. The normalized spacial score (nSPS) is 19.0. The number of hydrogen-bond donors (Lipinski definition) is 1. The summed E-state index contributed by atoms with van der Waals surface area (Å²) in [6, 6.07) is 9.86. The number of hydrogen-bond acceptors (Lipinski definition) is 4. The van der Waals surface area contributed by atoms with Gasteiger partial charge in [-0.2, -0.15) is 0 Å². The minimum absolute atomic E-state index is 0. The lowest BCUT2D eigenvalue weighted by Crippen LogP contribution is -2.48. The summed E-state index contributed by atoms with van der Waals surface area (Å²) in [5, 5.41) is 8.99. The molecule has 1 aliphatic heterocycles. The summed E-state index contributed by atoms with van der Waals surface area (Å²) in [6.07, 6.45) is 2.83. The SMILES string of the molecule is CCN(C(=O)C(C)N1CCCC(N(C)CC(=O)O)CC1)c1ccccc1.Cl. The fourth-order valence-corrected chi connectivity index (χ4v) is 3.73. The number of likely N-dealkylation sites (tertiary alicyclic amines) is 1. The number of benzene rings is 1. The van der Waals surface area contributed by atoms with Crippen molar-refractivity contribution in [2.45, 2.75) is 45.2 Å². The van der Waals surface area contributed by atoms with Crippen molar-refractivity contribution in [2.24, 2.45) is 0 Å². The van der Waals surface area contributed by atoms with Crippen molar-refractivity contribution in [3.05, 3.63) is 30.3 Å². The van der Waals surface area contributed by atoms with E-state index in [1.807, 2.05) is 61.0 Å². The Morgan fingerprint density at radius 3 is 2.48 bits per heavy atom. The average Bonchev–Trinajstić information content (AvgIpc) is 2.88. The van der Waals surface area contributed by atoms with Crippen LogP contribution in [0, 0.1) is 0 Å². The number of likely N-dealkylation sites (N-methyl/N-ethyl adjacent to an activating group) is 2. The Labute approximate surface area is 168 Å². The van der Waals surface area contributed by atoms with Crippen molar-refractivity contribution in [3.8, 4) is 0 Å². The number of halogens is 1. The van der Waals surface area contributed by atoms with Crippen LogP contribution in [-0.2, 0) is 9.59 Å². The van der Waals surface area contributed by atoms with E-state index in [0.29, 0.717) is 6.54 Å². The smallest absolute Gasteiger partial charge is 0.317 e. The summed E-state index contributed by atoms with van der Waals surface area (Å²) in [7, 11) is 1.87. The number of carbonyl (C=O) groups is 2. The van der Waals surface area contributed by atoms with Gasteiger partial charge < -0.3 is 10.0 Å². The van der Waals surface area contributed by atoms with Crippen LogP contribution in [0.5, 0.6) is 0 Å². The quantitative estimate of drug-likeness (QED) is 0.766. The summed E-state index contributed by atoms with van der Waals surface area (Å²) >= 11 is 0. The molecule has 7 heteroatoms. The van der Waals surface area contributed by atoms with Gasteiger partial charge in [0.2, 0.25) is 5.91 Å². The Morgan fingerprint density at radius 1 is 1.22 bits per heavy atom. The van der Waals surface area contributed by atoms with Crippen LogP contribution in [0.2, 0.25) is 0 Å². The van der Waals surface area contributed by atoms with Crippen molar-refractivity contribution >= 4 is 30.0 Å². The summed E-state index contributed by atoms with van der Waals surface area (Å²) < 4.78 is 0. The molecule has 0 saturated carbocycles. The van der Waals surface area contributed by atoms with Crippen molar-refractivity contribution in [1.29, 1.82) is 0 Å². The largest absolute Gasteiger partial charge is 0.480 e. The van der Waals surface area contributed by atoms with Crippen LogP contribution in [0.25, 0.3) is 0 Å². The van der Waals surface area contributed by atoms with E-state index >= 15 is 0 Å². The lowest BCUT2D eigenvalue weighted by molar-refractivity contribution is -0.138.